The Bertz CT molecular complexity index is 506. The van der Waals surface area contributed by atoms with E-state index < -0.39 is 0 Å². The first-order valence-electron chi connectivity index (χ1n) is 5.75. The highest BCUT2D eigenvalue weighted by Crippen LogP contribution is 2.35. The summed E-state index contributed by atoms with van der Waals surface area (Å²) in [7, 11) is 1.70. The van der Waals surface area contributed by atoms with Crippen LogP contribution in [0.25, 0.3) is 10.4 Å². The van der Waals surface area contributed by atoms with E-state index in [0.29, 0.717) is 0 Å². The lowest BCUT2D eigenvalue weighted by Crippen LogP contribution is -2.07. The maximum Gasteiger partial charge on any atom is 0.119 e. The molecule has 0 aliphatic heterocycles. The van der Waals surface area contributed by atoms with Crippen LogP contribution >= 0.6 is 11.3 Å². The standard InChI is InChI=1S/C15H18OS/c1-15(2,3)14-9-8-13(17-14)11-6-5-7-12(10-11)16-4/h5-10H,1-4H3. The van der Waals surface area contributed by atoms with Gasteiger partial charge in [-0.3, -0.25) is 0 Å². The normalized spacial score (nSPS) is 11.5. The Morgan fingerprint density at radius 1 is 1.06 bits per heavy atom. The highest BCUT2D eigenvalue weighted by molar-refractivity contribution is 7.15. The van der Waals surface area contributed by atoms with Gasteiger partial charge in [0.05, 0.1) is 7.11 Å². The molecule has 0 amide bonds. The molecule has 0 N–H and O–H groups in total. The summed E-state index contributed by atoms with van der Waals surface area (Å²) in [5, 5.41) is 0. The topological polar surface area (TPSA) is 9.23 Å². The van der Waals surface area contributed by atoms with Crippen molar-refractivity contribution in [3.63, 3.8) is 0 Å². The van der Waals surface area contributed by atoms with Crippen LogP contribution in [0.15, 0.2) is 36.4 Å². The van der Waals surface area contributed by atoms with Crippen LogP contribution in [0.3, 0.4) is 0 Å². The minimum absolute atomic E-state index is 0.224. The molecule has 2 rings (SSSR count). The summed E-state index contributed by atoms with van der Waals surface area (Å²) in [6.45, 7) is 6.73. The molecule has 0 atom stereocenters. The summed E-state index contributed by atoms with van der Waals surface area (Å²) in [4.78, 5) is 2.71. The summed E-state index contributed by atoms with van der Waals surface area (Å²) < 4.78 is 5.26. The lowest BCUT2D eigenvalue weighted by atomic mass is 9.95. The highest BCUT2D eigenvalue weighted by atomic mass is 32.1. The molecule has 0 radical (unpaired) electrons. The van der Waals surface area contributed by atoms with Gasteiger partial charge in [0.2, 0.25) is 0 Å². The first-order chi connectivity index (χ1) is 8.00. The summed E-state index contributed by atoms with van der Waals surface area (Å²) in [5.41, 5.74) is 1.45. The van der Waals surface area contributed by atoms with Crippen LogP contribution in [0, 0.1) is 0 Å². The molecule has 1 heterocycles. The molecule has 0 fully saturated rings. The van der Waals surface area contributed by atoms with Crippen LogP contribution in [0.1, 0.15) is 25.6 Å². The van der Waals surface area contributed by atoms with Gasteiger partial charge in [-0.2, -0.15) is 0 Å². The molecule has 2 heteroatoms. The zero-order valence-corrected chi connectivity index (χ0v) is 11.6. The van der Waals surface area contributed by atoms with Crippen molar-refractivity contribution >= 4 is 11.3 Å². The maximum atomic E-state index is 5.26. The molecule has 0 aliphatic rings. The van der Waals surface area contributed by atoms with Crippen molar-refractivity contribution < 1.29 is 4.74 Å². The molecule has 17 heavy (non-hydrogen) atoms. The zero-order valence-electron chi connectivity index (χ0n) is 10.8. The molecule has 0 spiro atoms. The first kappa shape index (κ1) is 12.2. The number of ether oxygens (including phenoxy) is 1. The van der Waals surface area contributed by atoms with Gasteiger partial charge in [0.1, 0.15) is 5.75 Å². The molecule has 0 saturated heterocycles. The molecule has 1 aromatic heterocycles. The third-order valence-electron chi connectivity index (χ3n) is 2.70. The smallest absolute Gasteiger partial charge is 0.119 e. The Kier molecular flexibility index (Phi) is 3.25. The average Bonchev–Trinajstić information content (AvgIpc) is 2.78. The SMILES string of the molecule is COc1cccc(-c2ccc(C(C)(C)C)s2)c1. The molecule has 2 aromatic rings. The molecule has 1 aromatic carbocycles. The van der Waals surface area contributed by atoms with Crippen LogP contribution in [-0.2, 0) is 5.41 Å². The van der Waals surface area contributed by atoms with Gasteiger partial charge >= 0.3 is 0 Å². The molecule has 1 nitrogen and oxygen atoms in total. The van der Waals surface area contributed by atoms with Gasteiger partial charge in [0, 0.05) is 9.75 Å². The third-order valence-corrected chi connectivity index (χ3v) is 4.26. The largest absolute Gasteiger partial charge is 0.497 e. The quantitative estimate of drug-likeness (QED) is 0.745. The van der Waals surface area contributed by atoms with E-state index in [1.165, 1.54) is 15.3 Å². The van der Waals surface area contributed by atoms with Crippen molar-refractivity contribution in [2.45, 2.75) is 26.2 Å². The van der Waals surface area contributed by atoms with Gasteiger partial charge in [-0.1, -0.05) is 32.9 Å². The molecule has 0 bridgehead atoms. The third kappa shape index (κ3) is 2.70. The molecule has 0 unspecified atom stereocenters. The maximum absolute atomic E-state index is 5.26. The molecule has 0 saturated carbocycles. The van der Waals surface area contributed by atoms with E-state index in [1.807, 2.05) is 23.5 Å². The minimum atomic E-state index is 0.224. The monoisotopic (exact) mass is 246 g/mol. The number of thiophene rings is 1. The zero-order chi connectivity index (χ0) is 12.5. The number of rotatable bonds is 2. The van der Waals surface area contributed by atoms with E-state index in [2.05, 4.69) is 45.0 Å². The van der Waals surface area contributed by atoms with E-state index >= 15 is 0 Å². The minimum Gasteiger partial charge on any atom is -0.497 e. The van der Waals surface area contributed by atoms with Crippen molar-refractivity contribution in [3.05, 3.63) is 41.3 Å². The van der Waals surface area contributed by atoms with Crippen LogP contribution in [0.4, 0.5) is 0 Å². The Hall–Kier alpha value is -1.28. The van der Waals surface area contributed by atoms with Crippen molar-refractivity contribution in [1.82, 2.24) is 0 Å². The summed E-state index contributed by atoms with van der Waals surface area (Å²) in [5.74, 6) is 0.910. The number of benzene rings is 1. The fourth-order valence-corrected chi connectivity index (χ4v) is 2.73. The van der Waals surface area contributed by atoms with E-state index in [-0.39, 0.29) is 5.41 Å². The number of methoxy groups -OCH3 is 1. The van der Waals surface area contributed by atoms with Crippen molar-refractivity contribution in [2.75, 3.05) is 7.11 Å². The van der Waals surface area contributed by atoms with Crippen LogP contribution in [0.2, 0.25) is 0 Å². The fraction of sp³-hybridized carbons (Fsp3) is 0.333. The van der Waals surface area contributed by atoms with E-state index in [1.54, 1.807) is 7.11 Å². The van der Waals surface area contributed by atoms with Gasteiger partial charge in [0.25, 0.3) is 0 Å². The van der Waals surface area contributed by atoms with Crippen molar-refractivity contribution in [3.8, 4) is 16.2 Å². The van der Waals surface area contributed by atoms with E-state index in [9.17, 15) is 0 Å². The number of hydrogen-bond acceptors (Lipinski definition) is 2. The summed E-state index contributed by atoms with van der Waals surface area (Å²) >= 11 is 1.86. The Balaban J connectivity index is 2.37. The Morgan fingerprint density at radius 3 is 2.41 bits per heavy atom. The van der Waals surface area contributed by atoms with Crippen LogP contribution in [-0.4, -0.2) is 7.11 Å². The van der Waals surface area contributed by atoms with Gasteiger partial charge in [0.15, 0.2) is 0 Å². The van der Waals surface area contributed by atoms with Gasteiger partial charge in [-0.05, 0) is 35.2 Å². The lowest BCUT2D eigenvalue weighted by molar-refractivity contribution is 0.415. The highest BCUT2D eigenvalue weighted by Gasteiger charge is 2.16. The second-order valence-corrected chi connectivity index (χ2v) is 6.23. The Morgan fingerprint density at radius 2 is 1.82 bits per heavy atom. The molecule has 0 aliphatic carbocycles. The van der Waals surface area contributed by atoms with Crippen LogP contribution in [0.5, 0.6) is 5.75 Å². The predicted molar refractivity (Wildman–Crippen MR) is 75.0 cm³/mol. The average molecular weight is 246 g/mol. The molecule has 90 valence electrons. The van der Waals surface area contributed by atoms with Gasteiger partial charge in [-0.15, -0.1) is 11.3 Å². The Labute approximate surface area is 107 Å². The van der Waals surface area contributed by atoms with Crippen LogP contribution < -0.4 is 4.74 Å². The molecular formula is C15H18OS. The first-order valence-corrected chi connectivity index (χ1v) is 6.57. The van der Waals surface area contributed by atoms with Gasteiger partial charge in [-0.25, -0.2) is 0 Å². The van der Waals surface area contributed by atoms with Crippen molar-refractivity contribution in [1.29, 1.82) is 0 Å². The lowest BCUT2D eigenvalue weighted by Gasteiger charge is -2.15. The number of hydrogen-bond donors (Lipinski definition) is 0. The van der Waals surface area contributed by atoms with Crippen molar-refractivity contribution in [2.24, 2.45) is 0 Å². The summed E-state index contributed by atoms with van der Waals surface area (Å²) in [6.07, 6.45) is 0. The van der Waals surface area contributed by atoms with Gasteiger partial charge < -0.3 is 4.74 Å². The van der Waals surface area contributed by atoms with E-state index in [4.69, 9.17) is 4.74 Å². The fourth-order valence-electron chi connectivity index (χ4n) is 1.67. The molecular weight excluding hydrogens is 228 g/mol. The second kappa shape index (κ2) is 4.53. The predicted octanol–water partition coefficient (Wildman–Crippen LogP) is 4.72. The van der Waals surface area contributed by atoms with E-state index in [0.717, 1.165) is 5.75 Å². The summed E-state index contributed by atoms with van der Waals surface area (Å²) in [6, 6.07) is 12.6. The second-order valence-electron chi connectivity index (χ2n) is 5.15.